The van der Waals surface area contributed by atoms with Crippen LogP contribution in [0.15, 0.2) is 35.6 Å². The molecule has 1 aromatic heterocycles. The molecule has 2 heterocycles. The first-order chi connectivity index (χ1) is 14.1. The number of amidine groups is 1. The largest absolute Gasteiger partial charge is 0.387 e. The quantitative estimate of drug-likeness (QED) is 0.706. The zero-order chi connectivity index (χ0) is 22.1. The van der Waals surface area contributed by atoms with Gasteiger partial charge in [-0.3, -0.25) is 14.8 Å². The number of alkyl halides is 5. The van der Waals surface area contributed by atoms with Crippen LogP contribution in [0, 0.1) is 5.82 Å². The van der Waals surface area contributed by atoms with Crippen molar-refractivity contribution in [2.45, 2.75) is 30.7 Å². The number of hydrogen-bond acceptors (Lipinski definition) is 5. The summed E-state index contributed by atoms with van der Waals surface area (Å²) in [6.07, 6.45) is -2.48. The van der Waals surface area contributed by atoms with Crippen LogP contribution in [0.1, 0.15) is 41.0 Å². The van der Waals surface area contributed by atoms with Crippen molar-refractivity contribution >= 4 is 17.4 Å². The number of carbonyl (C=O) groups excluding carboxylic acids is 1. The van der Waals surface area contributed by atoms with Crippen LogP contribution in [0.2, 0.25) is 0 Å². The van der Waals surface area contributed by atoms with E-state index in [2.05, 4.69) is 20.3 Å². The third-order valence-electron chi connectivity index (χ3n) is 4.63. The Morgan fingerprint density at radius 2 is 1.97 bits per heavy atom. The Bertz CT molecular complexity index is 982. The fourth-order valence-electron chi connectivity index (χ4n) is 3.01. The molecule has 0 aliphatic carbocycles. The van der Waals surface area contributed by atoms with Gasteiger partial charge in [0.1, 0.15) is 23.9 Å². The number of benzene rings is 1. The van der Waals surface area contributed by atoms with Crippen molar-refractivity contribution in [3.8, 4) is 0 Å². The van der Waals surface area contributed by atoms with Gasteiger partial charge < -0.3 is 11.1 Å². The molecule has 0 bridgehead atoms. The molecule has 0 fully saturated rings. The van der Waals surface area contributed by atoms with E-state index in [0.29, 0.717) is 6.20 Å². The number of amides is 1. The van der Waals surface area contributed by atoms with Crippen LogP contribution in [0.4, 0.5) is 32.0 Å². The number of aromatic nitrogens is 2. The molecule has 30 heavy (non-hydrogen) atoms. The third-order valence-corrected chi connectivity index (χ3v) is 4.63. The molecule has 1 unspecified atom stereocenters. The molecule has 1 aliphatic rings. The fraction of sp³-hybridized carbons (Fsp3) is 0.333. The van der Waals surface area contributed by atoms with E-state index in [9.17, 15) is 31.1 Å². The maximum atomic E-state index is 14.6. The summed E-state index contributed by atoms with van der Waals surface area (Å²) in [5, 5.41) is 2.25. The van der Waals surface area contributed by atoms with Gasteiger partial charge in [-0.2, -0.15) is 0 Å². The number of anilines is 1. The second-order valence-corrected chi connectivity index (χ2v) is 6.58. The summed E-state index contributed by atoms with van der Waals surface area (Å²) in [7, 11) is 0. The highest BCUT2D eigenvalue weighted by Gasteiger charge is 2.58. The van der Waals surface area contributed by atoms with Crippen LogP contribution in [0.25, 0.3) is 0 Å². The average Bonchev–Trinajstić information content (AvgIpc) is 2.71. The molecular formula is C18H15F6N5O. The zero-order valence-electron chi connectivity index (χ0n) is 15.2. The number of carbonyl (C=O) groups is 1. The van der Waals surface area contributed by atoms with Gasteiger partial charge in [-0.1, -0.05) is 0 Å². The molecule has 2 aromatic rings. The fourth-order valence-corrected chi connectivity index (χ4v) is 3.01. The summed E-state index contributed by atoms with van der Waals surface area (Å²) in [6, 6.07) is 2.64. The highest BCUT2D eigenvalue weighted by molar-refractivity contribution is 6.02. The van der Waals surface area contributed by atoms with Crippen molar-refractivity contribution in [3.63, 3.8) is 0 Å². The van der Waals surface area contributed by atoms with Gasteiger partial charge in [0.2, 0.25) is 0 Å². The van der Waals surface area contributed by atoms with Crippen LogP contribution in [-0.2, 0) is 5.54 Å². The van der Waals surface area contributed by atoms with Gasteiger partial charge in [-0.05, 0) is 18.2 Å². The first-order valence-corrected chi connectivity index (χ1v) is 8.59. The molecule has 0 spiro atoms. The minimum absolute atomic E-state index is 0.167. The third kappa shape index (κ3) is 3.81. The van der Waals surface area contributed by atoms with Crippen LogP contribution < -0.4 is 11.1 Å². The number of hydrogen-bond donors (Lipinski definition) is 2. The summed E-state index contributed by atoms with van der Waals surface area (Å²) in [4.78, 5) is 22.7. The molecule has 1 amide bonds. The zero-order valence-corrected chi connectivity index (χ0v) is 15.2. The second kappa shape index (κ2) is 7.92. The monoisotopic (exact) mass is 431 g/mol. The Kier molecular flexibility index (Phi) is 5.68. The Hall–Kier alpha value is -3.18. The van der Waals surface area contributed by atoms with Crippen LogP contribution >= 0.6 is 0 Å². The van der Waals surface area contributed by atoms with Gasteiger partial charge >= 0.3 is 0 Å². The molecule has 1 aromatic carbocycles. The molecule has 160 valence electrons. The number of nitrogens with two attached hydrogens (primary N) is 1. The van der Waals surface area contributed by atoms with Crippen molar-refractivity contribution in [1.29, 1.82) is 0 Å². The minimum Gasteiger partial charge on any atom is -0.387 e. The highest BCUT2D eigenvalue weighted by Crippen LogP contribution is 2.48. The van der Waals surface area contributed by atoms with Gasteiger partial charge in [0.25, 0.3) is 18.3 Å². The lowest BCUT2D eigenvalue weighted by Crippen LogP contribution is -2.51. The second-order valence-electron chi connectivity index (χ2n) is 6.58. The summed E-state index contributed by atoms with van der Waals surface area (Å²) < 4.78 is 82.5. The van der Waals surface area contributed by atoms with Crippen LogP contribution in [-0.4, -0.2) is 34.3 Å². The molecule has 0 saturated carbocycles. The van der Waals surface area contributed by atoms with E-state index in [1.807, 2.05) is 0 Å². The minimum atomic E-state index is -3.73. The van der Waals surface area contributed by atoms with Gasteiger partial charge in [0, 0.05) is 24.1 Å². The SMILES string of the molecule is NC1=NC(CF)(c2cc(NC(=O)c3cnc(C(F)F)cn3)ccc2F)C(F)(F)CC1. The van der Waals surface area contributed by atoms with Crippen LogP contribution in [0.3, 0.4) is 0 Å². The Morgan fingerprint density at radius 1 is 1.23 bits per heavy atom. The average molecular weight is 431 g/mol. The summed E-state index contributed by atoms with van der Waals surface area (Å²) in [5.41, 5.74) is 0.691. The first kappa shape index (κ1) is 21.5. The van der Waals surface area contributed by atoms with Crippen molar-refractivity contribution in [3.05, 3.63) is 53.4 Å². The summed E-state index contributed by atoms with van der Waals surface area (Å²) in [6.45, 7) is -1.73. The van der Waals surface area contributed by atoms with E-state index in [4.69, 9.17) is 5.73 Å². The van der Waals surface area contributed by atoms with E-state index in [1.165, 1.54) is 0 Å². The lowest BCUT2D eigenvalue weighted by atomic mass is 9.80. The van der Waals surface area contributed by atoms with Gasteiger partial charge in [0.15, 0.2) is 5.54 Å². The van der Waals surface area contributed by atoms with Crippen molar-refractivity contribution in [1.82, 2.24) is 9.97 Å². The lowest BCUT2D eigenvalue weighted by Gasteiger charge is -2.39. The van der Waals surface area contributed by atoms with Crippen LogP contribution in [0.5, 0.6) is 0 Å². The van der Waals surface area contributed by atoms with E-state index >= 15 is 0 Å². The summed E-state index contributed by atoms with van der Waals surface area (Å²) >= 11 is 0. The highest BCUT2D eigenvalue weighted by atomic mass is 19.3. The predicted octanol–water partition coefficient (Wildman–Crippen LogP) is 3.76. The van der Waals surface area contributed by atoms with Crippen molar-refractivity contribution in [2.24, 2.45) is 10.7 Å². The molecule has 0 radical (unpaired) electrons. The van der Waals surface area contributed by atoms with Crippen molar-refractivity contribution < 1.29 is 31.1 Å². The predicted molar refractivity (Wildman–Crippen MR) is 94.8 cm³/mol. The Morgan fingerprint density at radius 3 is 2.57 bits per heavy atom. The van der Waals surface area contributed by atoms with Gasteiger partial charge in [0.05, 0.1) is 18.2 Å². The maximum absolute atomic E-state index is 14.6. The lowest BCUT2D eigenvalue weighted by molar-refractivity contribution is -0.0959. The first-order valence-electron chi connectivity index (χ1n) is 8.59. The van der Waals surface area contributed by atoms with Gasteiger partial charge in [-0.15, -0.1) is 0 Å². The maximum Gasteiger partial charge on any atom is 0.281 e. The molecule has 1 aliphatic heterocycles. The number of halogens is 6. The molecule has 12 heteroatoms. The Balaban J connectivity index is 1.95. The number of rotatable bonds is 5. The molecule has 0 saturated heterocycles. The van der Waals surface area contributed by atoms with E-state index in [-0.39, 0.29) is 23.6 Å². The van der Waals surface area contributed by atoms with Crippen molar-refractivity contribution in [2.75, 3.05) is 12.0 Å². The summed E-state index contributed by atoms with van der Waals surface area (Å²) in [5.74, 6) is -6.06. The topological polar surface area (TPSA) is 93.3 Å². The Labute approximate surface area is 166 Å². The normalized spacial score (nSPS) is 20.7. The molecular weight excluding hydrogens is 416 g/mol. The number of nitrogens with one attached hydrogen (secondary N) is 1. The van der Waals surface area contributed by atoms with Gasteiger partial charge in [-0.25, -0.2) is 31.3 Å². The molecule has 3 N–H and O–H groups in total. The molecule has 6 nitrogen and oxygen atoms in total. The smallest absolute Gasteiger partial charge is 0.281 e. The van der Waals surface area contributed by atoms with E-state index in [0.717, 1.165) is 24.4 Å². The molecule has 3 rings (SSSR count). The van der Waals surface area contributed by atoms with E-state index in [1.54, 1.807) is 0 Å². The number of aliphatic imine (C=N–C) groups is 1. The standard InChI is InChI=1S/C18H15F6N5O/c19-8-17(18(23,24)4-3-14(25)29-17)10-5-9(1-2-11(10)20)28-16(30)13-7-26-12(6-27-13)15(21)22/h1-2,5-7,15H,3-4,8H2,(H2,25,29)(H,28,30). The van der Waals surface area contributed by atoms with E-state index < -0.39 is 54.0 Å². The molecule has 1 atom stereocenters. The number of nitrogens with zero attached hydrogens (tertiary/aromatic N) is 3.